The number of carbonyl (C=O) groups is 1. The third-order valence-corrected chi connectivity index (χ3v) is 3.50. The summed E-state index contributed by atoms with van der Waals surface area (Å²) in [5.41, 5.74) is 1.58. The molecule has 0 saturated carbocycles. The summed E-state index contributed by atoms with van der Waals surface area (Å²) in [6.45, 7) is 2.21. The number of H-pyrrole nitrogens is 1. The lowest BCUT2D eigenvalue weighted by Gasteiger charge is -2.07. The molecule has 3 N–H and O–H groups in total. The van der Waals surface area contributed by atoms with E-state index in [2.05, 4.69) is 30.2 Å². The molecule has 3 aromatic heterocycles. The van der Waals surface area contributed by atoms with Crippen molar-refractivity contribution in [2.24, 2.45) is 0 Å². The number of anilines is 1. The second-order valence-electron chi connectivity index (χ2n) is 5.50. The molecule has 0 saturated heterocycles. The summed E-state index contributed by atoms with van der Waals surface area (Å²) in [4.78, 5) is 42.0. The van der Waals surface area contributed by atoms with Crippen LogP contribution < -0.4 is 10.9 Å². The normalized spacial score (nSPS) is 10.5. The molecule has 0 radical (unpaired) electrons. The molecule has 0 amide bonds. The van der Waals surface area contributed by atoms with Crippen molar-refractivity contribution in [3.63, 3.8) is 0 Å². The fourth-order valence-electron chi connectivity index (χ4n) is 2.36. The lowest BCUT2D eigenvalue weighted by Crippen LogP contribution is -2.14. The second kappa shape index (κ2) is 7.51. The number of aromatic carboxylic acids is 1. The average Bonchev–Trinajstić information content (AvgIpc) is 2.61. The molecule has 0 aromatic carbocycles. The molecule has 0 aliphatic rings. The van der Waals surface area contributed by atoms with Crippen LogP contribution in [0.25, 0.3) is 11.4 Å². The van der Waals surface area contributed by atoms with Gasteiger partial charge in [-0.2, -0.15) is 0 Å². The van der Waals surface area contributed by atoms with Gasteiger partial charge in [-0.15, -0.1) is 0 Å². The Labute approximate surface area is 148 Å². The van der Waals surface area contributed by atoms with E-state index >= 15 is 0 Å². The van der Waals surface area contributed by atoms with Crippen LogP contribution in [0, 0.1) is 6.92 Å². The summed E-state index contributed by atoms with van der Waals surface area (Å²) in [6, 6.07) is 5.98. The number of aromatic nitrogens is 5. The Morgan fingerprint density at radius 3 is 2.73 bits per heavy atom. The highest BCUT2D eigenvalue weighted by molar-refractivity contribution is 5.88. The van der Waals surface area contributed by atoms with Crippen LogP contribution in [0.3, 0.4) is 0 Å². The minimum Gasteiger partial charge on any atom is -0.478 e. The Morgan fingerprint density at radius 2 is 1.96 bits per heavy atom. The van der Waals surface area contributed by atoms with Crippen LogP contribution in [-0.2, 0) is 6.42 Å². The maximum absolute atomic E-state index is 11.4. The summed E-state index contributed by atoms with van der Waals surface area (Å²) in [5.74, 6) is -0.0802. The van der Waals surface area contributed by atoms with Crippen molar-refractivity contribution in [3.05, 3.63) is 64.1 Å². The Hall–Kier alpha value is -3.62. The predicted octanol–water partition coefficient (Wildman–Crippen LogP) is 1.28. The zero-order valence-corrected chi connectivity index (χ0v) is 13.9. The van der Waals surface area contributed by atoms with E-state index in [1.54, 1.807) is 19.2 Å². The fourth-order valence-corrected chi connectivity index (χ4v) is 2.36. The molecule has 0 aliphatic carbocycles. The van der Waals surface area contributed by atoms with E-state index in [-0.39, 0.29) is 11.1 Å². The van der Waals surface area contributed by atoms with Gasteiger partial charge >= 0.3 is 5.97 Å². The smallest absolute Gasteiger partial charge is 0.335 e. The van der Waals surface area contributed by atoms with E-state index < -0.39 is 5.97 Å². The molecule has 9 nitrogen and oxygen atoms in total. The van der Waals surface area contributed by atoms with Gasteiger partial charge in [-0.1, -0.05) is 0 Å². The number of carboxylic acids is 1. The molecular weight excluding hydrogens is 336 g/mol. The fraction of sp³-hybridized carbons (Fsp3) is 0.176. The van der Waals surface area contributed by atoms with Gasteiger partial charge in [-0.3, -0.25) is 9.78 Å². The van der Waals surface area contributed by atoms with Gasteiger partial charge in [0, 0.05) is 37.1 Å². The van der Waals surface area contributed by atoms with E-state index in [9.17, 15) is 9.59 Å². The molecule has 0 atom stereocenters. The third kappa shape index (κ3) is 4.26. The highest BCUT2D eigenvalue weighted by Crippen LogP contribution is 2.16. The first-order valence-corrected chi connectivity index (χ1v) is 7.85. The van der Waals surface area contributed by atoms with Crippen molar-refractivity contribution in [2.75, 3.05) is 11.9 Å². The number of carboxylic acid groups (broad SMARTS) is 1. The van der Waals surface area contributed by atoms with Gasteiger partial charge in [0.2, 0.25) is 5.95 Å². The van der Waals surface area contributed by atoms with E-state index in [0.29, 0.717) is 41.8 Å². The number of nitrogens with zero attached hydrogens (tertiary/aromatic N) is 4. The summed E-state index contributed by atoms with van der Waals surface area (Å²) in [7, 11) is 0. The van der Waals surface area contributed by atoms with Crippen LogP contribution in [0.5, 0.6) is 0 Å². The standard InChI is InChI=1S/C17H16N6O3/c1-10-21-12(9-15(24)22-10)3-6-19-17-20-7-4-13(23-17)14-8-11(16(25)26)2-5-18-14/h2,4-5,7-9H,3,6H2,1H3,(H,25,26)(H,19,20,23)(H,21,22,24). The van der Waals surface area contributed by atoms with Gasteiger partial charge in [0.15, 0.2) is 0 Å². The molecule has 3 rings (SSSR count). The van der Waals surface area contributed by atoms with Crippen LogP contribution in [-0.4, -0.2) is 42.5 Å². The molecule has 3 aromatic rings. The Kier molecular flexibility index (Phi) is 4.97. The Bertz CT molecular complexity index is 1000. The topological polar surface area (TPSA) is 134 Å². The van der Waals surface area contributed by atoms with Crippen LogP contribution in [0.4, 0.5) is 5.95 Å². The van der Waals surface area contributed by atoms with Crippen molar-refractivity contribution in [3.8, 4) is 11.4 Å². The molecule has 3 heterocycles. The maximum atomic E-state index is 11.4. The first kappa shape index (κ1) is 17.2. The second-order valence-corrected chi connectivity index (χ2v) is 5.50. The number of hydrogen-bond acceptors (Lipinski definition) is 7. The van der Waals surface area contributed by atoms with Gasteiger partial charge in [0.1, 0.15) is 5.82 Å². The van der Waals surface area contributed by atoms with Crippen LogP contribution in [0.2, 0.25) is 0 Å². The van der Waals surface area contributed by atoms with E-state index in [4.69, 9.17) is 5.11 Å². The van der Waals surface area contributed by atoms with Crippen molar-refractivity contribution < 1.29 is 9.90 Å². The van der Waals surface area contributed by atoms with E-state index in [0.717, 1.165) is 0 Å². The summed E-state index contributed by atoms with van der Waals surface area (Å²) in [5, 5.41) is 12.1. The quantitative estimate of drug-likeness (QED) is 0.604. The first-order chi connectivity index (χ1) is 12.5. The molecular formula is C17H16N6O3. The molecule has 0 aliphatic heterocycles. The third-order valence-electron chi connectivity index (χ3n) is 3.50. The van der Waals surface area contributed by atoms with Crippen molar-refractivity contribution in [2.45, 2.75) is 13.3 Å². The molecule has 9 heteroatoms. The molecule has 132 valence electrons. The molecule has 0 unspecified atom stereocenters. The van der Waals surface area contributed by atoms with E-state index in [1.807, 2.05) is 0 Å². The Morgan fingerprint density at radius 1 is 1.15 bits per heavy atom. The number of aromatic amines is 1. The van der Waals surface area contributed by atoms with Gasteiger partial charge < -0.3 is 15.4 Å². The summed E-state index contributed by atoms with van der Waals surface area (Å²) < 4.78 is 0. The van der Waals surface area contributed by atoms with Crippen molar-refractivity contribution in [1.82, 2.24) is 24.9 Å². The zero-order valence-electron chi connectivity index (χ0n) is 13.9. The van der Waals surface area contributed by atoms with Gasteiger partial charge in [-0.25, -0.2) is 19.7 Å². The number of rotatable bonds is 6. The highest BCUT2D eigenvalue weighted by Gasteiger charge is 2.08. The minimum absolute atomic E-state index is 0.138. The number of aryl methyl sites for hydroxylation is 1. The van der Waals surface area contributed by atoms with Gasteiger partial charge in [0.05, 0.1) is 17.0 Å². The first-order valence-electron chi connectivity index (χ1n) is 7.85. The summed E-state index contributed by atoms with van der Waals surface area (Å²) >= 11 is 0. The largest absolute Gasteiger partial charge is 0.478 e. The average molecular weight is 352 g/mol. The summed E-state index contributed by atoms with van der Waals surface area (Å²) in [6.07, 6.45) is 3.52. The number of nitrogens with one attached hydrogen (secondary N) is 2. The molecule has 0 spiro atoms. The van der Waals surface area contributed by atoms with Crippen molar-refractivity contribution >= 4 is 11.9 Å². The van der Waals surface area contributed by atoms with Crippen LogP contribution in [0.15, 0.2) is 41.5 Å². The Balaban J connectivity index is 1.70. The highest BCUT2D eigenvalue weighted by atomic mass is 16.4. The van der Waals surface area contributed by atoms with Crippen molar-refractivity contribution in [1.29, 1.82) is 0 Å². The molecule has 0 fully saturated rings. The van der Waals surface area contributed by atoms with Crippen LogP contribution in [0.1, 0.15) is 21.9 Å². The molecule has 26 heavy (non-hydrogen) atoms. The number of pyridine rings is 1. The monoisotopic (exact) mass is 352 g/mol. The van der Waals surface area contributed by atoms with Crippen LogP contribution >= 0.6 is 0 Å². The lowest BCUT2D eigenvalue weighted by molar-refractivity contribution is 0.0697. The van der Waals surface area contributed by atoms with Gasteiger partial charge in [-0.05, 0) is 25.1 Å². The number of hydrogen-bond donors (Lipinski definition) is 3. The maximum Gasteiger partial charge on any atom is 0.335 e. The minimum atomic E-state index is -1.03. The van der Waals surface area contributed by atoms with E-state index in [1.165, 1.54) is 24.4 Å². The zero-order chi connectivity index (χ0) is 18.5. The predicted molar refractivity (Wildman–Crippen MR) is 94.0 cm³/mol. The molecule has 0 bridgehead atoms. The SMILES string of the molecule is Cc1nc(CCNc2nccc(-c3cc(C(=O)O)ccn3)n2)cc(=O)[nH]1. The lowest BCUT2D eigenvalue weighted by atomic mass is 10.2. The van der Waals surface area contributed by atoms with Gasteiger partial charge in [0.25, 0.3) is 5.56 Å².